The minimum absolute atomic E-state index is 0.00472. The average molecular weight is 438 g/mol. The van der Waals surface area contributed by atoms with E-state index in [2.05, 4.69) is 28.9 Å². The summed E-state index contributed by atoms with van der Waals surface area (Å²) in [7, 11) is 0. The Bertz CT molecular complexity index is 1190. The van der Waals surface area contributed by atoms with Gasteiger partial charge in [0.1, 0.15) is 11.6 Å². The van der Waals surface area contributed by atoms with Gasteiger partial charge in [0.25, 0.3) is 5.91 Å². The van der Waals surface area contributed by atoms with Gasteiger partial charge in [0.15, 0.2) is 0 Å². The number of amides is 1. The number of anilines is 1. The highest BCUT2D eigenvalue weighted by Gasteiger charge is 2.15. The van der Waals surface area contributed by atoms with E-state index in [9.17, 15) is 10.1 Å². The van der Waals surface area contributed by atoms with Gasteiger partial charge >= 0.3 is 0 Å². The molecule has 0 aliphatic rings. The van der Waals surface area contributed by atoms with Gasteiger partial charge < -0.3 is 9.88 Å². The molecule has 0 fully saturated rings. The van der Waals surface area contributed by atoms with Crippen LogP contribution in [0.4, 0.5) is 5.69 Å². The standard InChI is InChI=1S/C24H21Cl2N3O/c1-4-17-7-5-6-8-23(17)29-15(2)11-18(16(29)3)12-19(14-27)24(30)28-20-9-10-21(25)22(26)13-20/h5-13H,4H2,1-3H3,(H,28,30)/b19-12-. The van der Waals surface area contributed by atoms with E-state index in [1.807, 2.05) is 38.1 Å². The van der Waals surface area contributed by atoms with Gasteiger partial charge in [-0.15, -0.1) is 0 Å². The molecule has 1 amide bonds. The van der Waals surface area contributed by atoms with Crippen LogP contribution in [0.15, 0.2) is 54.1 Å². The lowest BCUT2D eigenvalue weighted by Crippen LogP contribution is -2.13. The molecule has 1 N–H and O–H groups in total. The first-order valence-electron chi connectivity index (χ1n) is 9.51. The van der Waals surface area contributed by atoms with Crippen molar-refractivity contribution in [2.75, 3.05) is 5.32 Å². The zero-order valence-electron chi connectivity index (χ0n) is 17.0. The quantitative estimate of drug-likeness (QED) is 0.365. The summed E-state index contributed by atoms with van der Waals surface area (Å²) >= 11 is 11.9. The number of hydrogen-bond acceptors (Lipinski definition) is 2. The number of carbonyl (C=O) groups excluding carboxylic acids is 1. The number of nitrogens with one attached hydrogen (secondary N) is 1. The van der Waals surface area contributed by atoms with Crippen LogP contribution in [0.2, 0.25) is 10.0 Å². The van der Waals surface area contributed by atoms with Gasteiger partial charge in [-0.2, -0.15) is 5.26 Å². The summed E-state index contributed by atoms with van der Waals surface area (Å²) in [4.78, 5) is 12.6. The number of para-hydroxylation sites is 1. The third-order valence-electron chi connectivity index (χ3n) is 4.93. The van der Waals surface area contributed by atoms with E-state index in [4.69, 9.17) is 23.2 Å². The summed E-state index contributed by atoms with van der Waals surface area (Å²) in [5.41, 5.74) is 5.62. The Hall–Kier alpha value is -3.00. The molecule has 3 aromatic rings. The van der Waals surface area contributed by atoms with Crippen molar-refractivity contribution in [1.82, 2.24) is 4.57 Å². The molecule has 0 spiro atoms. The van der Waals surface area contributed by atoms with E-state index in [1.54, 1.807) is 24.3 Å². The molecule has 1 heterocycles. The van der Waals surface area contributed by atoms with E-state index in [0.717, 1.165) is 29.1 Å². The van der Waals surface area contributed by atoms with Crippen molar-refractivity contribution >= 4 is 40.9 Å². The summed E-state index contributed by atoms with van der Waals surface area (Å²) in [6.07, 6.45) is 2.52. The van der Waals surface area contributed by atoms with Crippen molar-refractivity contribution in [2.45, 2.75) is 27.2 Å². The normalized spacial score (nSPS) is 11.3. The van der Waals surface area contributed by atoms with Gasteiger partial charge in [-0.1, -0.05) is 48.3 Å². The van der Waals surface area contributed by atoms with E-state index in [1.165, 1.54) is 5.56 Å². The van der Waals surface area contributed by atoms with Crippen molar-refractivity contribution in [3.05, 3.63) is 86.7 Å². The predicted octanol–water partition coefficient (Wildman–Crippen LogP) is 6.51. The Morgan fingerprint density at radius 1 is 1.13 bits per heavy atom. The molecule has 0 saturated heterocycles. The lowest BCUT2D eigenvalue weighted by atomic mass is 10.1. The molecular weight excluding hydrogens is 417 g/mol. The third-order valence-corrected chi connectivity index (χ3v) is 5.67. The highest BCUT2D eigenvalue weighted by Crippen LogP contribution is 2.27. The molecule has 0 unspecified atom stereocenters. The highest BCUT2D eigenvalue weighted by atomic mass is 35.5. The predicted molar refractivity (Wildman–Crippen MR) is 123 cm³/mol. The lowest BCUT2D eigenvalue weighted by Gasteiger charge is -2.14. The number of benzene rings is 2. The molecule has 0 aliphatic carbocycles. The van der Waals surface area contributed by atoms with Crippen LogP contribution in [-0.2, 0) is 11.2 Å². The second-order valence-corrected chi connectivity index (χ2v) is 7.71. The van der Waals surface area contributed by atoms with Crippen molar-refractivity contribution in [3.8, 4) is 11.8 Å². The van der Waals surface area contributed by atoms with E-state index >= 15 is 0 Å². The Labute approximate surface area is 186 Å². The average Bonchev–Trinajstić information content (AvgIpc) is 3.01. The Kier molecular flexibility index (Phi) is 6.66. The number of nitrogens with zero attached hydrogens (tertiary/aromatic N) is 2. The monoisotopic (exact) mass is 437 g/mol. The molecule has 4 nitrogen and oxygen atoms in total. The summed E-state index contributed by atoms with van der Waals surface area (Å²) in [6, 6.07) is 17.0. The van der Waals surface area contributed by atoms with Crippen molar-refractivity contribution in [1.29, 1.82) is 5.26 Å². The van der Waals surface area contributed by atoms with Crippen LogP contribution >= 0.6 is 23.2 Å². The van der Waals surface area contributed by atoms with Gasteiger partial charge in [0.2, 0.25) is 0 Å². The fourth-order valence-corrected chi connectivity index (χ4v) is 3.71. The topological polar surface area (TPSA) is 57.8 Å². The number of rotatable bonds is 5. The molecular formula is C24H21Cl2N3O. The minimum atomic E-state index is -0.505. The van der Waals surface area contributed by atoms with Crippen LogP contribution in [0.25, 0.3) is 11.8 Å². The maximum absolute atomic E-state index is 12.6. The zero-order chi connectivity index (χ0) is 21.8. The van der Waals surface area contributed by atoms with E-state index < -0.39 is 5.91 Å². The second kappa shape index (κ2) is 9.21. The Morgan fingerprint density at radius 3 is 2.53 bits per heavy atom. The summed E-state index contributed by atoms with van der Waals surface area (Å²) < 4.78 is 2.15. The lowest BCUT2D eigenvalue weighted by molar-refractivity contribution is -0.112. The SMILES string of the molecule is CCc1ccccc1-n1c(C)cc(/C=C(/C#N)C(=O)Nc2ccc(Cl)c(Cl)c2)c1C. The number of carbonyl (C=O) groups is 1. The van der Waals surface area contributed by atoms with Crippen molar-refractivity contribution < 1.29 is 4.79 Å². The van der Waals surface area contributed by atoms with Gasteiger partial charge in [-0.05, 0) is 67.8 Å². The number of aryl methyl sites for hydroxylation is 2. The molecule has 3 rings (SSSR count). The smallest absolute Gasteiger partial charge is 0.266 e. The van der Waals surface area contributed by atoms with Gasteiger partial charge in [-0.25, -0.2) is 0 Å². The number of aromatic nitrogens is 1. The number of hydrogen-bond donors (Lipinski definition) is 1. The molecule has 6 heteroatoms. The summed E-state index contributed by atoms with van der Waals surface area (Å²) in [5.74, 6) is -0.505. The molecule has 152 valence electrons. The van der Waals surface area contributed by atoms with Crippen LogP contribution in [0, 0.1) is 25.2 Å². The number of nitriles is 1. The Balaban J connectivity index is 1.96. The van der Waals surface area contributed by atoms with Gasteiger partial charge in [0, 0.05) is 22.8 Å². The van der Waals surface area contributed by atoms with Crippen LogP contribution in [0.5, 0.6) is 0 Å². The molecule has 1 aromatic heterocycles. The third kappa shape index (κ3) is 4.43. The zero-order valence-corrected chi connectivity index (χ0v) is 18.5. The summed E-state index contributed by atoms with van der Waals surface area (Å²) in [5, 5.41) is 13.0. The van der Waals surface area contributed by atoms with Crippen LogP contribution in [-0.4, -0.2) is 10.5 Å². The van der Waals surface area contributed by atoms with Crippen LogP contribution in [0.1, 0.15) is 29.4 Å². The molecule has 2 aromatic carbocycles. The maximum atomic E-state index is 12.6. The van der Waals surface area contributed by atoms with Gasteiger partial charge in [0.05, 0.1) is 10.0 Å². The van der Waals surface area contributed by atoms with Crippen molar-refractivity contribution in [3.63, 3.8) is 0 Å². The number of halogens is 2. The molecule has 0 radical (unpaired) electrons. The Morgan fingerprint density at radius 2 is 1.87 bits per heavy atom. The second-order valence-electron chi connectivity index (χ2n) is 6.90. The van der Waals surface area contributed by atoms with Gasteiger partial charge in [-0.3, -0.25) is 4.79 Å². The molecule has 0 saturated carbocycles. The minimum Gasteiger partial charge on any atom is -0.321 e. The molecule has 0 aliphatic heterocycles. The van der Waals surface area contributed by atoms with E-state index in [0.29, 0.717) is 15.7 Å². The largest absolute Gasteiger partial charge is 0.321 e. The fourth-order valence-electron chi connectivity index (χ4n) is 3.41. The first-order valence-corrected chi connectivity index (χ1v) is 10.3. The fraction of sp³-hybridized carbons (Fsp3) is 0.167. The molecule has 0 atom stereocenters. The van der Waals surface area contributed by atoms with E-state index in [-0.39, 0.29) is 5.57 Å². The highest BCUT2D eigenvalue weighted by molar-refractivity contribution is 6.42. The summed E-state index contributed by atoms with van der Waals surface area (Å²) in [6.45, 7) is 6.12. The molecule has 30 heavy (non-hydrogen) atoms. The van der Waals surface area contributed by atoms with Crippen LogP contribution in [0.3, 0.4) is 0 Å². The van der Waals surface area contributed by atoms with Crippen molar-refractivity contribution in [2.24, 2.45) is 0 Å². The molecule has 0 bridgehead atoms. The van der Waals surface area contributed by atoms with Crippen LogP contribution < -0.4 is 5.32 Å². The first kappa shape index (κ1) is 21.7. The first-order chi connectivity index (χ1) is 14.3. The maximum Gasteiger partial charge on any atom is 0.266 e.